The summed E-state index contributed by atoms with van der Waals surface area (Å²) in [6.07, 6.45) is 6.35. The lowest BCUT2D eigenvalue weighted by Gasteiger charge is -2.30. The first-order valence-corrected chi connectivity index (χ1v) is 7.10. The zero-order valence-electron chi connectivity index (χ0n) is 12.2. The second-order valence-electron chi connectivity index (χ2n) is 6.02. The molecule has 0 N–H and O–H groups in total. The Morgan fingerprint density at radius 2 is 2.00 bits per heavy atom. The van der Waals surface area contributed by atoms with E-state index >= 15 is 0 Å². The Hall–Kier alpha value is -0.920. The van der Waals surface area contributed by atoms with Crippen LogP contribution in [0.15, 0.2) is 11.6 Å². The van der Waals surface area contributed by atoms with Crippen molar-refractivity contribution in [3.8, 4) is 0 Å². The monoisotopic (exact) mass is 250 g/mol. The lowest BCUT2D eigenvalue weighted by molar-refractivity contribution is -0.127. The van der Waals surface area contributed by atoms with Gasteiger partial charge in [0.25, 0.3) is 0 Å². The molecule has 0 saturated heterocycles. The largest absolute Gasteiger partial charge is 0.300 e. The number of carbonyl (C=O) groups excluding carboxylic acids is 2. The van der Waals surface area contributed by atoms with Crippen molar-refractivity contribution in [1.29, 1.82) is 0 Å². The van der Waals surface area contributed by atoms with Crippen molar-refractivity contribution >= 4 is 11.6 Å². The topological polar surface area (TPSA) is 34.1 Å². The molecule has 0 aromatic carbocycles. The quantitative estimate of drug-likeness (QED) is 0.692. The minimum atomic E-state index is 0.0676. The number of carbonyl (C=O) groups is 2. The zero-order valence-corrected chi connectivity index (χ0v) is 12.2. The molecule has 1 rings (SSSR count). The Bertz CT molecular complexity index is 339. The third-order valence-electron chi connectivity index (χ3n) is 3.98. The molecule has 0 amide bonds. The minimum Gasteiger partial charge on any atom is -0.300 e. The first kappa shape index (κ1) is 15.1. The van der Waals surface area contributed by atoms with Crippen LogP contribution >= 0.6 is 0 Å². The van der Waals surface area contributed by atoms with Gasteiger partial charge in [0.05, 0.1) is 0 Å². The molecule has 0 heterocycles. The van der Waals surface area contributed by atoms with Gasteiger partial charge in [-0.2, -0.15) is 0 Å². The molecule has 0 radical (unpaired) electrons. The summed E-state index contributed by atoms with van der Waals surface area (Å²) in [5.74, 6) is 1.48. The highest BCUT2D eigenvalue weighted by Crippen LogP contribution is 2.34. The summed E-state index contributed by atoms with van der Waals surface area (Å²) in [7, 11) is 0. The van der Waals surface area contributed by atoms with E-state index in [1.54, 1.807) is 6.92 Å². The van der Waals surface area contributed by atoms with E-state index in [9.17, 15) is 9.59 Å². The van der Waals surface area contributed by atoms with E-state index in [4.69, 9.17) is 0 Å². The molecule has 0 unspecified atom stereocenters. The van der Waals surface area contributed by atoms with Crippen LogP contribution in [-0.2, 0) is 9.59 Å². The van der Waals surface area contributed by atoms with Gasteiger partial charge in [0, 0.05) is 18.8 Å². The molecule has 0 bridgehead atoms. The molecule has 2 nitrogen and oxygen atoms in total. The summed E-state index contributed by atoms with van der Waals surface area (Å²) < 4.78 is 0. The number of rotatable bonds is 5. The van der Waals surface area contributed by atoms with E-state index in [1.807, 2.05) is 0 Å². The SMILES string of the molecule is CC(=O)[C@H]1CCC(=O)C[C@@H]1/C(C)=C/CCC(C)C. The predicted molar refractivity (Wildman–Crippen MR) is 74.3 cm³/mol. The summed E-state index contributed by atoms with van der Waals surface area (Å²) in [6.45, 7) is 8.17. The average Bonchev–Trinajstić information content (AvgIpc) is 2.27. The first-order chi connectivity index (χ1) is 8.41. The van der Waals surface area contributed by atoms with E-state index in [-0.39, 0.29) is 17.6 Å². The van der Waals surface area contributed by atoms with Gasteiger partial charge in [-0.25, -0.2) is 0 Å². The van der Waals surface area contributed by atoms with Crippen molar-refractivity contribution in [1.82, 2.24) is 0 Å². The van der Waals surface area contributed by atoms with Gasteiger partial charge in [-0.1, -0.05) is 25.5 Å². The minimum absolute atomic E-state index is 0.0676. The third-order valence-corrected chi connectivity index (χ3v) is 3.98. The predicted octanol–water partition coefficient (Wildman–Crippen LogP) is 3.94. The van der Waals surface area contributed by atoms with Crippen LogP contribution in [0.5, 0.6) is 0 Å². The summed E-state index contributed by atoms with van der Waals surface area (Å²) in [5, 5.41) is 0. The molecule has 1 aliphatic rings. The Morgan fingerprint density at radius 3 is 2.56 bits per heavy atom. The second kappa shape index (κ2) is 6.86. The van der Waals surface area contributed by atoms with Gasteiger partial charge in [0.1, 0.15) is 11.6 Å². The lowest BCUT2D eigenvalue weighted by Crippen LogP contribution is -2.30. The molecule has 0 aromatic rings. The average molecular weight is 250 g/mol. The second-order valence-corrected chi connectivity index (χ2v) is 6.02. The Kier molecular flexibility index (Phi) is 5.77. The first-order valence-electron chi connectivity index (χ1n) is 7.10. The summed E-state index contributed by atoms with van der Waals surface area (Å²) in [5.41, 5.74) is 1.24. The summed E-state index contributed by atoms with van der Waals surface area (Å²) in [4.78, 5) is 23.3. The van der Waals surface area contributed by atoms with Crippen LogP contribution in [0.2, 0.25) is 0 Å². The van der Waals surface area contributed by atoms with E-state index in [2.05, 4.69) is 26.8 Å². The molecule has 18 heavy (non-hydrogen) atoms. The van der Waals surface area contributed by atoms with Crippen molar-refractivity contribution < 1.29 is 9.59 Å². The Labute approximate surface area is 111 Å². The number of allylic oxidation sites excluding steroid dienone is 2. The maximum atomic E-state index is 11.7. The maximum Gasteiger partial charge on any atom is 0.133 e. The molecule has 0 aromatic heterocycles. The fraction of sp³-hybridized carbons (Fsp3) is 0.750. The Balaban J connectivity index is 2.69. The molecular weight excluding hydrogens is 224 g/mol. The van der Waals surface area contributed by atoms with Crippen LogP contribution in [0.3, 0.4) is 0 Å². The van der Waals surface area contributed by atoms with Crippen molar-refractivity contribution in [2.45, 2.75) is 59.8 Å². The normalized spacial score (nSPS) is 25.6. The molecule has 1 fully saturated rings. The van der Waals surface area contributed by atoms with E-state index < -0.39 is 0 Å². The molecule has 2 atom stereocenters. The van der Waals surface area contributed by atoms with Crippen molar-refractivity contribution in [3.63, 3.8) is 0 Å². The van der Waals surface area contributed by atoms with Crippen LogP contribution in [0, 0.1) is 17.8 Å². The molecule has 1 saturated carbocycles. The molecule has 0 aliphatic heterocycles. The van der Waals surface area contributed by atoms with Gasteiger partial charge in [0.15, 0.2) is 0 Å². The van der Waals surface area contributed by atoms with E-state index in [0.29, 0.717) is 24.5 Å². The molecule has 2 heteroatoms. The maximum absolute atomic E-state index is 11.7. The van der Waals surface area contributed by atoms with Crippen LogP contribution in [0.1, 0.15) is 59.8 Å². The molecule has 1 aliphatic carbocycles. The summed E-state index contributed by atoms with van der Waals surface area (Å²) >= 11 is 0. The van der Waals surface area contributed by atoms with Gasteiger partial charge in [0.2, 0.25) is 0 Å². The third kappa shape index (κ3) is 4.40. The van der Waals surface area contributed by atoms with Gasteiger partial charge >= 0.3 is 0 Å². The number of ketones is 2. The smallest absolute Gasteiger partial charge is 0.133 e. The fourth-order valence-electron chi connectivity index (χ4n) is 2.77. The fourth-order valence-corrected chi connectivity index (χ4v) is 2.77. The molecule has 102 valence electrons. The van der Waals surface area contributed by atoms with E-state index in [1.165, 1.54) is 12.0 Å². The lowest BCUT2D eigenvalue weighted by atomic mass is 9.73. The highest BCUT2D eigenvalue weighted by atomic mass is 16.1. The van der Waals surface area contributed by atoms with Crippen LogP contribution in [-0.4, -0.2) is 11.6 Å². The van der Waals surface area contributed by atoms with Gasteiger partial charge in [-0.3, -0.25) is 9.59 Å². The number of hydrogen-bond acceptors (Lipinski definition) is 2. The molecule has 0 spiro atoms. The van der Waals surface area contributed by atoms with Crippen molar-refractivity contribution in [3.05, 3.63) is 11.6 Å². The van der Waals surface area contributed by atoms with Gasteiger partial charge < -0.3 is 0 Å². The van der Waals surface area contributed by atoms with Crippen LogP contribution < -0.4 is 0 Å². The van der Waals surface area contributed by atoms with Crippen LogP contribution in [0.25, 0.3) is 0 Å². The van der Waals surface area contributed by atoms with E-state index in [0.717, 1.165) is 12.8 Å². The van der Waals surface area contributed by atoms with Crippen molar-refractivity contribution in [2.75, 3.05) is 0 Å². The molecular formula is C16H26O2. The van der Waals surface area contributed by atoms with Gasteiger partial charge in [-0.05, 0) is 44.9 Å². The highest BCUT2D eigenvalue weighted by molar-refractivity contribution is 5.85. The van der Waals surface area contributed by atoms with Gasteiger partial charge in [-0.15, -0.1) is 0 Å². The standard InChI is InChI=1S/C16H26O2/c1-11(2)6-5-7-12(3)16-10-14(18)8-9-15(16)13(4)17/h7,11,15-16H,5-6,8-10H2,1-4H3/b12-7+/t15-,16-/m1/s1. The summed E-state index contributed by atoms with van der Waals surface area (Å²) in [6, 6.07) is 0. The van der Waals surface area contributed by atoms with Crippen LogP contribution in [0.4, 0.5) is 0 Å². The zero-order chi connectivity index (χ0) is 13.7. The Morgan fingerprint density at radius 1 is 1.33 bits per heavy atom. The highest BCUT2D eigenvalue weighted by Gasteiger charge is 2.32. The number of Topliss-reactive ketones (excluding diaryl/α,β-unsaturated/α-hetero) is 2. The van der Waals surface area contributed by atoms with Crippen molar-refractivity contribution in [2.24, 2.45) is 17.8 Å². The number of hydrogen-bond donors (Lipinski definition) is 0.